The van der Waals surface area contributed by atoms with Crippen molar-refractivity contribution in [3.63, 3.8) is 0 Å². The first-order chi connectivity index (χ1) is 4.88. The Bertz CT molecular complexity index is 122. The first-order valence-electron chi connectivity index (χ1n) is 4.56. The maximum atomic E-state index is 9.58. The fourth-order valence-electron chi connectivity index (χ4n) is 2.73. The fourth-order valence-corrected chi connectivity index (χ4v) is 2.73. The Morgan fingerprint density at radius 1 is 0.900 bits per heavy atom. The Labute approximate surface area is 62.4 Å². The molecule has 0 heterocycles. The van der Waals surface area contributed by atoms with Crippen LogP contribution < -0.4 is 0 Å². The molecular formula is C9H16O. The van der Waals surface area contributed by atoms with Crippen molar-refractivity contribution in [1.29, 1.82) is 0 Å². The number of hydrogen-bond acceptors (Lipinski definition) is 1. The molecule has 0 aromatic rings. The molecular weight excluding hydrogens is 124 g/mol. The highest BCUT2D eigenvalue weighted by Gasteiger charge is 2.35. The minimum Gasteiger partial charge on any atom is -0.393 e. The average Bonchev–Trinajstić information content (AvgIpc) is 2.36. The van der Waals surface area contributed by atoms with Gasteiger partial charge < -0.3 is 5.11 Å². The molecule has 0 aromatic heterocycles. The van der Waals surface area contributed by atoms with Crippen LogP contribution in [0.2, 0.25) is 0 Å². The monoisotopic (exact) mass is 140 g/mol. The van der Waals surface area contributed by atoms with Crippen LogP contribution in [0.15, 0.2) is 0 Å². The quantitative estimate of drug-likeness (QED) is 0.545. The van der Waals surface area contributed by atoms with Crippen molar-refractivity contribution in [3.05, 3.63) is 0 Å². The molecule has 0 radical (unpaired) electrons. The summed E-state index contributed by atoms with van der Waals surface area (Å²) >= 11 is 0. The number of aliphatic hydroxyl groups excluding tert-OH is 1. The normalized spacial score (nSPS) is 47.1. The van der Waals surface area contributed by atoms with Crippen molar-refractivity contribution < 1.29 is 5.11 Å². The van der Waals surface area contributed by atoms with E-state index < -0.39 is 0 Å². The van der Waals surface area contributed by atoms with Crippen LogP contribution in [-0.2, 0) is 0 Å². The Kier molecular flexibility index (Phi) is 1.69. The molecule has 2 rings (SSSR count). The number of rotatable bonds is 0. The zero-order valence-corrected chi connectivity index (χ0v) is 6.42. The van der Waals surface area contributed by atoms with Gasteiger partial charge in [0.2, 0.25) is 0 Å². The molecule has 0 aliphatic heterocycles. The second kappa shape index (κ2) is 2.54. The molecule has 0 spiro atoms. The van der Waals surface area contributed by atoms with Gasteiger partial charge in [-0.05, 0) is 31.1 Å². The van der Waals surface area contributed by atoms with Gasteiger partial charge in [0.15, 0.2) is 0 Å². The van der Waals surface area contributed by atoms with E-state index >= 15 is 0 Å². The van der Waals surface area contributed by atoms with E-state index in [2.05, 4.69) is 0 Å². The summed E-state index contributed by atoms with van der Waals surface area (Å²) in [6.07, 6.45) is 7.84. The van der Waals surface area contributed by atoms with E-state index in [-0.39, 0.29) is 6.10 Å². The van der Waals surface area contributed by atoms with Crippen LogP contribution in [0.5, 0.6) is 0 Å². The van der Waals surface area contributed by atoms with Gasteiger partial charge in [0, 0.05) is 0 Å². The predicted molar refractivity (Wildman–Crippen MR) is 40.7 cm³/mol. The fraction of sp³-hybridized carbons (Fsp3) is 1.00. The number of aliphatic hydroxyl groups is 1. The highest BCUT2D eigenvalue weighted by Crippen LogP contribution is 2.41. The Morgan fingerprint density at radius 3 is 2.30 bits per heavy atom. The molecule has 10 heavy (non-hydrogen) atoms. The highest BCUT2D eigenvalue weighted by atomic mass is 16.3. The van der Waals surface area contributed by atoms with Crippen LogP contribution in [0.3, 0.4) is 0 Å². The molecule has 0 aromatic carbocycles. The van der Waals surface area contributed by atoms with Gasteiger partial charge in [-0.1, -0.05) is 19.3 Å². The molecule has 2 aliphatic rings. The highest BCUT2D eigenvalue weighted by molar-refractivity contribution is 4.86. The lowest BCUT2D eigenvalue weighted by Crippen LogP contribution is -2.28. The summed E-state index contributed by atoms with van der Waals surface area (Å²) in [5.41, 5.74) is 0. The van der Waals surface area contributed by atoms with Crippen molar-refractivity contribution in [2.24, 2.45) is 11.8 Å². The van der Waals surface area contributed by atoms with Gasteiger partial charge >= 0.3 is 0 Å². The van der Waals surface area contributed by atoms with Crippen LogP contribution in [0.4, 0.5) is 0 Å². The van der Waals surface area contributed by atoms with Crippen LogP contribution >= 0.6 is 0 Å². The Balaban J connectivity index is 2.03. The summed E-state index contributed by atoms with van der Waals surface area (Å²) in [5.74, 6) is 1.58. The van der Waals surface area contributed by atoms with Crippen LogP contribution in [0.1, 0.15) is 38.5 Å². The molecule has 1 nitrogen and oxygen atoms in total. The summed E-state index contributed by atoms with van der Waals surface area (Å²) in [5, 5.41) is 9.58. The summed E-state index contributed by atoms with van der Waals surface area (Å²) in [4.78, 5) is 0. The molecule has 0 bridgehead atoms. The summed E-state index contributed by atoms with van der Waals surface area (Å²) in [6, 6.07) is 0. The molecule has 1 N–H and O–H groups in total. The zero-order chi connectivity index (χ0) is 6.97. The third-order valence-corrected chi connectivity index (χ3v) is 3.29. The molecule has 0 saturated heterocycles. The Hall–Kier alpha value is -0.0400. The van der Waals surface area contributed by atoms with E-state index in [0.29, 0.717) is 5.92 Å². The second-order valence-electron chi connectivity index (χ2n) is 3.85. The lowest BCUT2D eigenvalue weighted by atomic mass is 9.80. The maximum absolute atomic E-state index is 9.58. The van der Waals surface area contributed by atoms with Gasteiger partial charge in [0.25, 0.3) is 0 Å². The first kappa shape index (κ1) is 6.66. The van der Waals surface area contributed by atoms with Gasteiger partial charge in [-0.3, -0.25) is 0 Å². The van der Waals surface area contributed by atoms with E-state index in [9.17, 15) is 5.11 Å². The largest absolute Gasteiger partial charge is 0.393 e. The lowest BCUT2D eigenvalue weighted by Gasteiger charge is -2.29. The van der Waals surface area contributed by atoms with Crippen molar-refractivity contribution in [2.75, 3.05) is 0 Å². The van der Waals surface area contributed by atoms with Crippen LogP contribution in [0.25, 0.3) is 0 Å². The average molecular weight is 140 g/mol. The van der Waals surface area contributed by atoms with E-state index in [0.717, 1.165) is 12.3 Å². The van der Waals surface area contributed by atoms with Crippen molar-refractivity contribution >= 4 is 0 Å². The Morgan fingerprint density at radius 2 is 1.60 bits per heavy atom. The van der Waals surface area contributed by atoms with Crippen molar-refractivity contribution in [2.45, 2.75) is 44.6 Å². The smallest absolute Gasteiger partial charge is 0.0571 e. The zero-order valence-electron chi connectivity index (χ0n) is 6.42. The SMILES string of the molecule is O[C@H]1CCC[C@@H]2CCC[C@H]21. The minimum absolute atomic E-state index is 0.0567. The van der Waals surface area contributed by atoms with Gasteiger partial charge in [0.1, 0.15) is 0 Å². The molecule has 0 unspecified atom stereocenters. The topological polar surface area (TPSA) is 20.2 Å². The van der Waals surface area contributed by atoms with E-state index in [1.165, 1.54) is 32.1 Å². The van der Waals surface area contributed by atoms with Gasteiger partial charge in [-0.15, -0.1) is 0 Å². The van der Waals surface area contributed by atoms with Crippen LogP contribution in [-0.4, -0.2) is 11.2 Å². The molecule has 2 fully saturated rings. The summed E-state index contributed by atoms with van der Waals surface area (Å²) in [7, 11) is 0. The number of fused-ring (bicyclic) bond motifs is 1. The van der Waals surface area contributed by atoms with E-state index in [1.807, 2.05) is 0 Å². The van der Waals surface area contributed by atoms with Crippen molar-refractivity contribution in [1.82, 2.24) is 0 Å². The summed E-state index contributed by atoms with van der Waals surface area (Å²) < 4.78 is 0. The molecule has 3 atom stereocenters. The molecule has 2 aliphatic carbocycles. The van der Waals surface area contributed by atoms with Crippen molar-refractivity contribution in [3.8, 4) is 0 Å². The summed E-state index contributed by atoms with van der Waals surface area (Å²) in [6.45, 7) is 0. The second-order valence-corrected chi connectivity index (χ2v) is 3.85. The third-order valence-electron chi connectivity index (χ3n) is 3.29. The molecule has 58 valence electrons. The van der Waals surface area contributed by atoms with E-state index in [1.54, 1.807) is 0 Å². The van der Waals surface area contributed by atoms with Gasteiger partial charge in [0.05, 0.1) is 6.10 Å². The first-order valence-corrected chi connectivity index (χ1v) is 4.56. The minimum atomic E-state index is 0.0567. The van der Waals surface area contributed by atoms with Gasteiger partial charge in [-0.2, -0.15) is 0 Å². The standard InChI is InChI=1S/C9H16O/c10-9-6-2-4-7-3-1-5-8(7)9/h7-10H,1-6H2/t7-,8+,9-/m0/s1. The van der Waals surface area contributed by atoms with E-state index in [4.69, 9.17) is 0 Å². The predicted octanol–water partition coefficient (Wildman–Crippen LogP) is 1.95. The third kappa shape index (κ3) is 0.968. The molecule has 2 saturated carbocycles. The van der Waals surface area contributed by atoms with Crippen LogP contribution in [0, 0.1) is 11.8 Å². The number of hydrogen-bond donors (Lipinski definition) is 1. The maximum Gasteiger partial charge on any atom is 0.0571 e. The molecule has 1 heteroatoms. The molecule has 0 amide bonds. The lowest BCUT2D eigenvalue weighted by molar-refractivity contribution is 0.0477. The van der Waals surface area contributed by atoms with Gasteiger partial charge in [-0.25, -0.2) is 0 Å².